The summed E-state index contributed by atoms with van der Waals surface area (Å²) in [4.78, 5) is 31.1. The maximum Gasteiger partial charge on any atom is 0.236 e. The predicted octanol–water partition coefficient (Wildman–Crippen LogP) is 0.307. The predicted molar refractivity (Wildman–Crippen MR) is 53.7 cm³/mol. The average molecular weight is 237 g/mol. The van der Waals surface area contributed by atoms with E-state index in [2.05, 4.69) is 9.97 Å². The Morgan fingerprint density at radius 2 is 2.25 bits per heavy atom. The van der Waals surface area contributed by atoms with E-state index < -0.39 is 0 Å². The Kier molecular flexibility index (Phi) is 2.54. The molecule has 0 saturated carbocycles. The molecule has 0 aliphatic carbocycles. The summed E-state index contributed by atoms with van der Waals surface area (Å²) in [6.07, 6.45) is 1.06. The van der Waals surface area contributed by atoms with E-state index in [1.807, 2.05) is 6.07 Å². The summed E-state index contributed by atoms with van der Waals surface area (Å²) in [6, 6.07) is 1.85. The van der Waals surface area contributed by atoms with Gasteiger partial charge < -0.3 is 0 Å². The van der Waals surface area contributed by atoms with E-state index in [-0.39, 0.29) is 41.3 Å². The highest BCUT2D eigenvalue weighted by molar-refractivity contribution is 6.28. The highest BCUT2D eigenvalue weighted by Crippen LogP contribution is 2.22. The molecular formula is C9H5ClN4O2. The molecule has 80 valence electrons. The number of halogens is 1. The van der Waals surface area contributed by atoms with Crippen molar-refractivity contribution in [2.75, 3.05) is 11.4 Å². The average Bonchev–Trinajstić information content (AvgIpc) is 2.57. The Morgan fingerprint density at radius 1 is 1.50 bits per heavy atom. The maximum atomic E-state index is 11.5. The Hall–Kier alpha value is -2.00. The standard InChI is InChI=1S/C9H5ClN4O2/c10-9-12-3-5(2-11)8(13-9)14-4-6(15)1-7(14)16/h3H,1,4H2. The van der Waals surface area contributed by atoms with Gasteiger partial charge >= 0.3 is 0 Å². The second-order valence-electron chi connectivity index (χ2n) is 3.18. The molecule has 1 aliphatic rings. The van der Waals surface area contributed by atoms with Gasteiger partial charge in [0.2, 0.25) is 11.2 Å². The molecule has 0 spiro atoms. The highest BCUT2D eigenvalue weighted by atomic mass is 35.5. The summed E-state index contributed by atoms with van der Waals surface area (Å²) in [7, 11) is 0. The molecule has 1 aromatic heterocycles. The van der Waals surface area contributed by atoms with E-state index in [1.165, 1.54) is 6.20 Å². The first-order chi connectivity index (χ1) is 7.61. The number of anilines is 1. The summed E-state index contributed by atoms with van der Waals surface area (Å²) in [5.41, 5.74) is 0.118. The lowest BCUT2D eigenvalue weighted by Gasteiger charge is -2.14. The number of ketones is 1. The van der Waals surface area contributed by atoms with Crippen LogP contribution < -0.4 is 4.90 Å². The fourth-order valence-corrected chi connectivity index (χ4v) is 1.54. The van der Waals surface area contributed by atoms with Crippen molar-refractivity contribution in [3.05, 3.63) is 17.0 Å². The van der Waals surface area contributed by atoms with Crippen LogP contribution in [-0.4, -0.2) is 28.2 Å². The molecular weight excluding hydrogens is 232 g/mol. The number of rotatable bonds is 1. The van der Waals surface area contributed by atoms with Crippen LogP contribution >= 0.6 is 11.6 Å². The van der Waals surface area contributed by atoms with Crippen molar-refractivity contribution in [2.24, 2.45) is 0 Å². The Labute approximate surface area is 95.5 Å². The van der Waals surface area contributed by atoms with Gasteiger partial charge in [0.15, 0.2) is 11.6 Å². The number of aromatic nitrogens is 2. The Balaban J connectivity index is 2.48. The van der Waals surface area contributed by atoms with E-state index in [0.29, 0.717) is 0 Å². The molecule has 2 rings (SSSR count). The van der Waals surface area contributed by atoms with Crippen LogP contribution in [0.2, 0.25) is 5.28 Å². The number of carbonyl (C=O) groups is 2. The normalized spacial score (nSPS) is 15.4. The quantitative estimate of drug-likeness (QED) is 0.517. The minimum Gasteiger partial charge on any atom is -0.297 e. The summed E-state index contributed by atoms with van der Waals surface area (Å²) in [5.74, 6) is -0.488. The zero-order chi connectivity index (χ0) is 11.7. The first kappa shape index (κ1) is 10.5. The van der Waals surface area contributed by atoms with Crippen molar-refractivity contribution in [3.8, 4) is 6.07 Å². The van der Waals surface area contributed by atoms with Crippen molar-refractivity contribution in [3.63, 3.8) is 0 Å². The largest absolute Gasteiger partial charge is 0.297 e. The lowest BCUT2D eigenvalue weighted by atomic mass is 10.3. The molecule has 2 heterocycles. The topological polar surface area (TPSA) is 86.9 Å². The minimum absolute atomic E-state index is 0.0684. The second-order valence-corrected chi connectivity index (χ2v) is 3.52. The molecule has 0 atom stereocenters. The number of carbonyl (C=O) groups excluding carboxylic acids is 2. The molecule has 0 N–H and O–H groups in total. The Bertz CT molecular complexity index is 523. The van der Waals surface area contributed by atoms with Crippen molar-refractivity contribution in [1.29, 1.82) is 5.26 Å². The summed E-state index contributed by atoms with van der Waals surface area (Å²) < 4.78 is 0. The van der Waals surface area contributed by atoms with Crippen molar-refractivity contribution < 1.29 is 9.59 Å². The van der Waals surface area contributed by atoms with Gasteiger partial charge in [-0.05, 0) is 11.6 Å². The molecule has 16 heavy (non-hydrogen) atoms. The lowest BCUT2D eigenvalue weighted by molar-refractivity contribution is -0.121. The van der Waals surface area contributed by atoms with Crippen LogP contribution in [0.4, 0.5) is 5.82 Å². The Morgan fingerprint density at radius 3 is 2.81 bits per heavy atom. The molecule has 0 bridgehead atoms. The van der Waals surface area contributed by atoms with E-state index in [4.69, 9.17) is 16.9 Å². The molecule has 6 nitrogen and oxygen atoms in total. The maximum absolute atomic E-state index is 11.5. The van der Waals surface area contributed by atoms with Crippen molar-refractivity contribution in [1.82, 2.24) is 9.97 Å². The van der Waals surface area contributed by atoms with E-state index in [0.717, 1.165) is 4.90 Å². The first-order valence-corrected chi connectivity index (χ1v) is 4.74. The molecule has 0 radical (unpaired) electrons. The highest BCUT2D eigenvalue weighted by Gasteiger charge is 2.31. The molecule has 1 fully saturated rings. The van der Waals surface area contributed by atoms with Crippen LogP contribution in [0.15, 0.2) is 6.20 Å². The van der Waals surface area contributed by atoms with E-state index in [1.54, 1.807) is 0 Å². The van der Waals surface area contributed by atoms with Gasteiger partial charge in [0.05, 0.1) is 19.2 Å². The van der Waals surface area contributed by atoms with E-state index >= 15 is 0 Å². The van der Waals surface area contributed by atoms with Crippen molar-refractivity contribution in [2.45, 2.75) is 6.42 Å². The van der Waals surface area contributed by atoms with Crippen LogP contribution in [0.25, 0.3) is 0 Å². The number of amides is 1. The number of hydrogen-bond donors (Lipinski definition) is 0. The lowest BCUT2D eigenvalue weighted by Crippen LogP contribution is -2.26. The zero-order valence-corrected chi connectivity index (χ0v) is 8.73. The second kappa shape index (κ2) is 3.87. The van der Waals surface area contributed by atoms with Crippen LogP contribution in [-0.2, 0) is 9.59 Å². The van der Waals surface area contributed by atoms with Gasteiger partial charge in [0, 0.05) is 0 Å². The molecule has 1 aliphatic heterocycles. The molecule has 1 saturated heterocycles. The minimum atomic E-state index is -0.378. The van der Waals surface area contributed by atoms with Gasteiger partial charge in [-0.2, -0.15) is 10.2 Å². The van der Waals surface area contributed by atoms with E-state index in [9.17, 15) is 9.59 Å². The van der Waals surface area contributed by atoms with Crippen LogP contribution in [0, 0.1) is 11.3 Å². The third-order valence-electron chi connectivity index (χ3n) is 2.10. The van der Waals surface area contributed by atoms with Gasteiger partial charge in [-0.15, -0.1) is 0 Å². The van der Waals surface area contributed by atoms with Gasteiger partial charge in [0.1, 0.15) is 11.6 Å². The molecule has 0 aromatic carbocycles. The van der Waals surface area contributed by atoms with Crippen molar-refractivity contribution >= 4 is 29.1 Å². The third kappa shape index (κ3) is 1.73. The molecule has 1 amide bonds. The monoisotopic (exact) mass is 236 g/mol. The number of Topliss-reactive ketones (excluding diaryl/α,β-unsaturated/α-hetero) is 1. The van der Waals surface area contributed by atoms with Gasteiger partial charge in [-0.1, -0.05) is 0 Å². The van der Waals surface area contributed by atoms with Gasteiger partial charge in [-0.3, -0.25) is 14.5 Å². The summed E-state index contributed by atoms with van der Waals surface area (Å²) in [5, 5.41) is 8.76. The van der Waals surface area contributed by atoms with Gasteiger partial charge in [-0.25, -0.2) is 4.98 Å². The zero-order valence-electron chi connectivity index (χ0n) is 7.97. The number of hydrogen-bond acceptors (Lipinski definition) is 5. The van der Waals surface area contributed by atoms with Crippen LogP contribution in [0.3, 0.4) is 0 Å². The molecule has 7 heteroatoms. The number of nitriles is 1. The summed E-state index contributed by atoms with van der Waals surface area (Å²) in [6.45, 7) is -0.0686. The molecule has 0 unspecified atom stereocenters. The third-order valence-corrected chi connectivity index (χ3v) is 2.28. The summed E-state index contributed by atoms with van der Waals surface area (Å²) >= 11 is 5.58. The first-order valence-electron chi connectivity index (χ1n) is 4.36. The smallest absolute Gasteiger partial charge is 0.236 e. The van der Waals surface area contributed by atoms with Gasteiger partial charge in [0.25, 0.3) is 0 Å². The fourth-order valence-electron chi connectivity index (χ4n) is 1.41. The molecule has 1 aromatic rings. The van der Waals surface area contributed by atoms with Crippen LogP contribution in [0.1, 0.15) is 12.0 Å². The number of nitrogens with zero attached hydrogens (tertiary/aromatic N) is 4. The SMILES string of the molecule is N#Cc1cnc(Cl)nc1N1CC(=O)CC1=O. The van der Waals surface area contributed by atoms with Crippen LogP contribution in [0.5, 0.6) is 0 Å². The fraction of sp³-hybridized carbons (Fsp3) is 0.222.